The second kappa shape index (κ2) is 10.1. The summed E-state index contributed by atoms with van der Waals surface area (Å²) in [6.07, 6.45) is 0. The molecule has 0 atom stereocenters. The molecule has 4 aromatic rings. The first-order chi connectivity index (χ1) is 15.9. The van der Waals surface area contributed by atoms with E-state index in [-0.39, 0.29) is 17.4 Å². The van der Waals surface area contributed by atoms with Crippen LogP contribution < -0.4 is 5.32 Å². The summed E-state index contributed by atoms with van der Waals surface area (Å²) in [4.78, 5) is 25.4. The minimum Gasteiger partial charge on any atom is -0.351 e. The predicted octanol–water partition coefficient (Wildman–Crippen LogP) is 5.05. The topological polar surface area (TPSA) is 76.9 Å². The van der Waals surface area contributed by atoms with E-state index in [1.807, 2.05) is 37.3 Å². The Bertz CT molecular complexity index is 1300. The summed E-state index contributed by atoms with van der Waals surface area (Å²) in [6.45, 7) is 3.84. The number of rotatable bonds is 8. The number of amides is 1. The lowest BCUT2D eigenvalue weighted by Crippen LogP contribution is -2.18. The molecule has 0 spiro atoms. The molecule has 0 saturated heterocycles. The van der Waals surface area contributed by atoms with Gasteiger partial charge in [0.05, 0.1) is 22.7 Å². The average molecular weight is 481 g/mol. The molecule has 0 radical (unpaired) electrons. The minimum absolute atomic E-state index is 0.0510. The Balaban J connectivity index is 1.59. The molecular weight excluding hydrogens is 459 g/mol. The van der Waals surface area contributed by atoms with Crippen molar-refractivity contribution in [2.45, 2.75) is 25.5 Å². The fourth-order valence-corrected chi connectivity index (χ4v) is 4.95. The molecule has 0 unspecified atom stereocenters. The molecular formula is C24H21FN4O2S2. The Morgan fingerprint density at radius 1 is 1.06 bits per heavy atom. The number of benzene rings is 2. The molecule has 2 aromatic heterocycles. The van der Waals surface area contributed by atoms with Crippen LogP contribution in [-0.2, 0) is 11.3 Å². The number of nitrogens with one attached hydrogen (secondary N) is 1. The Hall–Kier alpha value is -3.30. The van der Waals surface area contributed by atoms with Crippen molar-refractivity contribution in [1.82, 2.24) is 20.1 Å². The highest BCUT2D eigenvalue weighted by Crippen LogP contribution is 2.30. The molecule has 0 bridgehead atoms. The van der Waals surface area contributed by atoms with E-state index in [1.54, 1.807) is 28.8 Å². The van der Waals surface area contributed by atoms with E-state index in [0.29, 0.717) is 28.0 Å². The summed E-state index contributed by atoms with van der Waals surface area (Å²) < 4.78 is 16.3. The molecule has 0 aliphatic carbocycles. The van der Waals surface area contributed by atoms with Gasteiger partial charge in [0.15, 0.2) is 16.8 Å². The number of aromatic nitrogens is 3. The van der Waals surface area contributed by atoms with Gasteiger partial charge in [-0.3, -0.25) is 14.2 Å². The number of hydrogen-bond acceptors (Lipinski definition) is 6. The fourth-order valence-electron chi connectivity index (χ4n) is 3.14. The van der Waals surface area contributed by atoms with Gasteiger partial charge < -0.3 is 5.32 Å². The molecule has 0 aliphatic heterocycles. The number of thioether (sulfide) groups is 1. The number of Topliss-reactive ketones (excluding diaryl/α,β-unsaturated/α-hetero) is 1. The largest absolute Gasteiger partial charge is 0.351 e. The maximum absolute atomic E-state index is 14.5. The molecule has 0 aliphatic rings. The highest BCUT2D eigenvalue weighted by Gasteiger charge is 2.20. The van der Waals surface area contributed by atoms with Gasteiger partial charge in [0.25, 0.3) is 0 Å². The monoisotopic (exact) mass is 480 g/mol. The van der Waals surface area contributed by atoms with Gasteiger partial charge in [-0.05, 0) is 43.3 Å². The average Bonchev–Trinajstić information content (AvgIpc) is 3.44. The highest BCUT2D eigenvalue weighted by atomic mass is 32.2. The van der Waals surface area contributed by atoms with Crippen LogP contribution in [0.1, 0.15) is 27.0 Å². The Kier molecular flexibility index (Phi) is 7.00. The second-order valence-electron chi connectivity index (χ2n) is 7.34. The molecule has 9 heteroatoms. The molecule has 2 aromatic carbocycles. The lowest BCUT2D eigenvalue weighted by molar-refractivity contribution is -0.119. The van der Waals surface area contributed by atoms with Crippen LogP contribution in [0.2, 0.25) is 0 Å². The zero-order valence-electron chi connectivity index (χ0n) is 18.0. The van der Waals surface area contributed by atoms with Crippen LogP contribution in [0, 0.1) is 12.7 Å². The van der Waals surface area contributed by atoms with Gasteiger partial charge in [-0.1, -0.05) is 41.6 Å². The summed E-state index contributed by atoms with van der Waals surface area (Å²) in [7, 11) is 0. The van der Waals surface area contributed by atoms with Gasteiger partial charge in [-0.2, -0.15) is 0 Å². The molecule has 1 N–H and O–H groups in total. The van der Waals surface area contributed by atoms with Crippen LogP contribution in [0.15, 0.2) is 65.8 Å². The number of thiophene rings is 1. The number of hydrogen-bond donors (Lipinski definition) is 1. The van der Waals surface area contributed by atoms with Crippen molar-refractivity contribution in [3.63, 3.8) is 0 Å². The number of carbonyl (C=O) groups is 2. The smallest absolute Gasteiger partial charge is 0.217 e. The predicted molar refractivity (Wildman–Crippen MR) is 128 cm³/mol. The molecule has 6 nitrogen and oxygen atoms in total. The zero-order valence-corrected chi connectivity index (χ0v) is 19.7. The van der Waals surface area contributed by atoms with E-state index >= 15 is 0 Å². The van der Waals surface area contributed by atoms with Crippen LogP contribution in [-0.4, -0.2) is 32.2 Å². The quantitative estimate of drug-likeness (QED) is 0.282. The lowest BCUT2D eigenvalue weighted by atomic mass is 10.2. The van der Waals surface area contributed by atoms with Crippen LogP contribution in [0.5, 0.6) is 0 Å². The van der Waals surface area contributed by atoms with E-state index in [9.17, 15) is 14.0 Å². The lowest BCUT2D eigenvalue weighted by Gasteiger charge is -2.11. The summed E-state index contributed by atoms with van der Waals surface area (Å²) in [5.74, 6) is -0.0313. The molecule has 33 heavy (non-hydrogen) atoms. The first kappa shape index (κ1) is 22.9. The minimum atomic E-state index is -0.392. The van der Waals surface area contributed by atoms with Gasteiger partial charge in [0.1, 0.15) is 5.82 Å². The molecule has 0 saturated carbocycles. The summed E-state index contributed by atoms with van der Waals surface area (Å²) in [5, 5.41) is 11.7. The highest BCUT2D eigenvalue weighted by molar-refractivity contribution is 7.99. The van der Waals surface area contributed by atoms with Crippen LogP contribution in [0.3, 0.4) is 0 Å². The Morgan fingerprint density at radius 2 is 1.82 bits per heavy atom. The Labute approximate surface area is 198 Å². The van der Waals surface area contributed by atoms with Crippen molar-refractivity contribution in [2.24, 2.45) is 0 Å². The standard InChI is InChI=1S/C24H21FN4O2S2/c1-15-7-9-17(10-8-15)29-23(19-5-3-4-6-20(19)25)27-28-24(29)32-14-21(31)22-12-11-18(33-22)13-26-16(2)30/h3-12H,13-14H2,1-2H3,(H,26,30). The number of ketones is 1. The first-order valence-electron chi connectivity index (χ1n) is 10.2. The SMILES string of the molecule is CC(=O)NCc1ccc(C(=O)CSc2nnc(-c3ccccc3F)n2-c2ccc(C)cc2)s1. The number of aryl methyl sites for hydroxylation is 1. The van der Waals surface area contributed by atoms with Crippen molar-refractivity contribution in [2.75, 3.05) is 5.75 Å². The maximum Gasteiger partial charge on any atom is 0.217 e. The number of halogens is 1. The Morgan fingerprint density at radius 3 is 2.55 bits per heavy atom. The molecule has 2 heterocycles. The van der Waals surface area contributed by atoms with Crippen LogP contribution in [0.25, 0.3) is 17.1 Å². The maximum atomic E-state index is 14.5. The molecule has 1 amide bonds. The number of carbonyl (C=O) groups excluding carboxylic acids is 2. The second-order valence-corrected chi connectivity index (χ2v) is 9.46. The molecule has 0 fully saturated rings. The fraction of sp³-hybridized carbons (Fsp3) is 0.167. The van der Waals surface area contributed by atoms with Crippen molar-refractivity contribution in [3.05, 3.63) is 81.8 Å². The van der Waals surface area contributed by atoms with Gasteiger partial charge in [0, 0.05) is 17.5 Å². The molecule has 168 valence electrons. The van der Waals surface area contributed by atoms with Crippen molar-refractivity contribution < 1.29 is 14.0 Å². The van der Waals surface area contributed by atoms with E-state index in [2.05, 4.69) is 15.5 Å². The third-order valence-electron chi connectivity index (χ3n) is 4.82. The summed E-state index contributed by atoms with van der Waals surface area (Å²) in [5.41, 5.74) is 2.22. The van der Waals surface area contributed by atoms with Crippen LogP contribution in [0.4, 0.5) is 4.39 Å². The van der Waals surface area contributed by atoms with Crippen molar-refractivity contribution >= 4 is 34.8 Å². The third kappa shape index (κ3) is 5.37. The summed E-state index contributed by atoms with van der Waals surface area (Å²) >= 11 is 2.61. The van der Waals surface area contributed by atoms with E-state index in [4.69, 9.17) is 0 Å². The van der Waals surface area contributed by atoms with E-state index < -0.39 is 5.82 Å². The van der Waals surface area contributed by atoms with Gasteiger partial charge in [-0.25, -0.2) is 4.39 Å². The number of nitrogens with zero attached hydrogens (tertiary/aromatic N) is 3. The summed E-state index contributed by atoms with van der Waals surface area (Å²) in [6, 6.07) is 17.8. The van der Waals surface area contributed by atoms with Gasteiger partial charge in [0.2, 0.25) is 5.91 Å². The van der Waals surface area contributed by atoms with Crippen LogP contribution >= 0.6 is 23.1 Å². The third-order valence-corrected chi connectivity index (χ3v) is 6.88. The van der Waals surface area contributed by atoms with Gasteiger partial charge >= 0.3 is 0 Å². The van der Waals surface area contributed by atoms with E-state index in [0.717, 1.165) is 16.1 Å². The van der Waals surface area contributed by atoms with Crippen molar-refractivity contribution in [3.8, 4) is 17.1 Å². The normalized spacial score (nSPS) is 10.9. The zero-order chi connectivity index (χ0) is 23.4. The first-order valence-corrected chi connectivity index (χ1v) is 12.0. The van der Waals surface area contributed by atoms with Crippen molar-refractivity contribution in [1.29, 1.82) is 0 Å². The van der Waals surface area contributed by atoms with Gasteiger partial charge in [-0.15, -0.1) is 21.5 Å². The van der Waals surface area contributed by atoms with E-state index in [1.165, 1.54) is 36.1 Å². The molecule has 4 rings (SSSR count).